The summed E-state index contributed by atoms with van der Waals surface area (Å²) in [5.74, 6) is -0.262. The molecule has 6 nitrogen and oxygen atoms in total. The van der Waals surface area contributed by atoms with E-state index in [0.29, 0.717) is 18.5 Å². The molecule has 2 N–H and O–H groups in total. The van der Waals surface area contributed by atoms with Gasteiger partial charge in [0.2, 0.25) is 0 Å². The van der Waals surface area contributed by atoms with Gasteiger partial charge in [0.15, 0.2) is 5.60 Å². The molecule has 0 aliphatic carbocycles. The van der Waals surface area contributed by atoms with Crippen LogP contribution in [0.2, 0.25) is 0 Å². The van der Waals surface area contributed by atoms with Crippen LogP contribution in [0.15, 0.2) is 48.5 Å². The number of nitriles is 2. The first-order chi connectivity index (χ1) is 13.5. The highest BCUT2D eigenvalue weighted by Gasteiger charge is 2.51. The molecule has 2 aromatic rings. The fourth-order valence-electron chi connectivity index (χ4n) is 3.33. The number of methoxy groups -OCH3 is 1. The van der Waals surface area contributed by atoms with Crippen LogP contribution in [0.3, 0.4) is 0 Å². The van der Waals surface area contributed by atoms with Crippen molar-refractivity contribution in [1.82, 2.24) is 10.6 Å². The molecule has 0 saturated carbocycles. The minimum atomic E-state index is -0.908. The van der Waals surface area contributed by atoms with Crippen LogP contribution in [0.4, 0.5) is 0 Å². The minimum Gasteiger partial charge on any atom is -0.365 e. The van der Waals surface area contributed by atoms with E-state index in [4.69, 9.17) is 10.00 Å². The van der Waals surface area contributed by atoms with Crippen molar-refractivity contribution in [2.45, 2.75) is 31.0 Å². The molecule has 28 heavy (non-hydrogen) atoms. The van der Waals surface area contributed by atoms with Crippen molar-refractivity contribution in [3.63, 3.8) is 0 Å². The number of hydrogen-bond donors (Lipinski definition) is 2. The first-order valence-electron chi connectivity index (χ1n) is 9.11. The lowest BCUT2D eigenvalue weighted by molar-refractivity contribution is -0.157. The third-order valence-electron chi connectivity index (χ3n) is 5.32. The van der Waals surface area contributed by atoms with E-state index in [9.17, 15) is 10.1 Å². The summed E-state index contributed by atoms with van der Waals surface area (Å²) in [6, 6.07) is 18.8. The van der Waals surface area contributed by atoms with E-state index in [0.717, 1.165) is 16.7 Å². The smallest absolute Gasteiger partial charge is 0.256 e. The predicted molar refractivity (Wildman–Crippen MR) is 105 cm³/mol. The van der Waals surface area contributed by atoms with E-state index in [2.05, 4.69) is 22.8 Å². The maximum atomic E-state index is 12.6. The predicted octanol–water partition coefficient (Wildman–Crippen LogP) is 2.15. The fourth-order valence-corrected chi connectivity index (χ4v) is 3.33. The lowest BCUT2D eigenvalue weighted by Crippen LogP contribution is -2.74. The summed E-state index contributed by atoms with van der Waals surface area (Å²) in [5.41, 5.74) is 2.71. The molecule has 1 heterocycles. The lowest BCUT2D eigenvalue weighted by Gasteiger charge is -2.46. The van der Waals surface area contributed by atoms with E-state index < -0.39 is 11.6 Å². The molecule has 142 valence electrons. The van der Waals surface area contributed by atoms with Gasteiger partial charge in [0.05, 0.1) is 17.7 Å². The number of hydrogen-bond acceptors (Lipinski definition) is 5. The van der Waals surface area contributed by atoms with E-state index in [-0.39, 0.29) is 11.9 Å². The zero-order chi connectivity index (χ0) is 20.1. The number of amides is 1. The molecule has 6 heteroatoms. The molecule has 2 aromatic carbocycles. The van der Waals surface area contributed by atoms with E-state index in [1.54, 1.807) is 12.1 Å². The number of nitrogens with one attached hydrogen (secondary N) is 2. The SMILES string of the molecule is COC1(C(=O)NC(C#N)Cc2ccc(-c3ccc(C#N)cc3)cc2)CNC1C. The van der Waals surface area contributed by atoms with Crippen LogP contribution in [0.1, 0.15) is 18.1 Å². The highest BCUT2D eigenvalue weighted by Crippen LogP contribution is 2.24. The summed E-state index contributed by atoms with van der Waals surface area (Å²) in [7, 11) is 1.51. The summed E-state index contributed by atoms with van der Waals surface area (Å²) in [6.07, 6.45) is 0.414. The number of benzene rings is 2. The Kier molecular flexibility index (Phi) is 5.75. The van der Waals surface area contributed by atoms with Crippen LogP contribution in [0.25, 0.3) is 11.1 Å². The first kappa shape index (κ1) is 19.6. The van der Waals surface area contributed by atoms with Gasteiger partial charge in [-0.2, -0.15) is 10.5 Å². The number of carbonyl (C=O) groups excluding carboxylic acids is 1. The van der Waals surface area contributed by atoms with Crippen LogP contribution in [-0.2, 0) is 16.0 Å². The van der Waals surface area contributed by atoms with Crippen molar-refractivity contribution < 1.29 is 9.53 Å². The van der Waals surface area contributed by atoms with Crippen molar-refractivity contribution in [2.24, 2.45) is 0 Å². The molecule has 0 aromatic heterocycles. The maximum Gasteiger partial charge on any atom is 0.256 e. The Hall–Kier alpha value is -3.19. The third-order valence-corrected chi connectivity index (χ3v) is 5.32. The van der Waals surface area contributed by atoms with Gasteiger partial charge in [-0.15, -0.1) is 0 Å². The summed E-state index contributed by atoms with van der Waals surface area (Å²) in [5, 5.41) is 24.3. The molecule has 1 fully saturated rings. The Balaban J connectivity index is 1.66. The van der Waals surface area contributed by atoms with Crippen molar-refractivity contribution in [1.29, 1.82) is 10.5 Å². The Labute approximate surface area is 164 Å². The minimum absolute atomic E-state index is 0.0939. The second-order valence-corrected chi connectivity index (χ2v) is 6.94. The second-order valence-electron chi connectivity index (χ2n) is 6.94. The van der Waals surface area contributed by atoms with Gasteiger partial charge in [-0.3, -0.25) is 4.79 Å². The monoisotopic (exact) mass is 374 g/mol. The zero-order valence-corrected chi connectivity index (χ0v) is 15.9. The van der Waals surface area contributed by atoms with Gasteiger partial charge in [0.25, 0.3) is 5.91 Å². The van der Waals surface area contributed by atoms with Gasteiger partial charge in [0.1, 0.15) is 6.04 Å². The fraction of sp³-hybridized carbons (Fsp3) is 0.318. The summed E-state index contributed by atoms with van der Waals surface area (Å²) >= 11 is 0. The van der Waals surface area contributed by atoms with Crippen molar-refractivity contribution in [2.75, 3.05) is 13.7 Å². The highest BCUT2D eigenvalue weighted by molar-refractivity contribution is 5.88. The maximum absolute atomic E-state index is 12.6. The largest absolute Gasteiger partial charge is 0.365 e. The van der Waals surface area contributed by atoms with E-state index in [1.165, 1.54) is 7.11 Å². The summed E-state index contributed by atoms with van der Waals surface area (Å²) < 4.78 is 5.42. The molecule has 0 spiro atoms. The van der Waals surface area contributed by atoms with Gasteiger partial charge in [-0.25, -0.2) is 0 Å². The Morgan fingerprint density at radius 3 is 2.25 bits per heavy atom. The topological polar surface area (TPSA) is 97.9 Å². The zero-order valence-electron chi connectivity index (χ0n) is 15.9. The molecule has 1 aliphatic rings. The van der Waals surface area contributed by atoms with Crippen LogP contribution in [0.5, 0.6) is 0 Å². The summed E-state index contributed by atoms with van der Waals surface area (Å²) in [6.45, 7) is 2.32. The Bertz CT molecular complexity index is 921. The summed E-state index contributed by atoms with van der Waals surface area (Å²) in [4.78, 5) is 12.6. The highest BCUT2D eigenvalue weighted by atomic mass is 16.5. The van der Waals surface area contributed by atoms with Gasteiger partial charge >= 0.3 is 0 Å². The van der Waals surface area contributed by atoms with E-state index in [1.807, 2.05) is 43.3 Å². The average molecular weight is 374 g/mol. The van der Waals surface area contributed by atoms with E-state index >= 15 is 0 Å². The van der Waals surface area contributed by atoms with Crippen LogP contribution in [-0.4, -0.2) is 37.2 Å². The molecule has 0 bridgehead atoms. The molecule has 3 atom stereocenters. The molecular weight excluding hydrogens is 352 g/mol. The molecule has 1 saturated heterocycles. The number of carbonyl (C=O) groups is 1. The lowest BCUT2D eigenvalue weighted by atomic mass is 9.85. The first-order valence-corrected chi connectivity index (χ1v) is 9.11. The number of nitrogens with zero attached hydrogens (tertiary/aromatic N) is 2. The molecule has 1 amide bonds. The van der Waals surface area contributed by atoms with Gasteiger partial charge < -0.3 is 15.4 Å². The standard InChI is InChI=1S/C22H22N4O2/c1-15-22(28-2,14-25-15)21(27)26-20(13-24)11-16-3-7-18(8-4-16)19-9-5-17(12-23)6-10-19/h3-10,15,20,25H,11,14H2,1-2H3,(H,26,27). The third kappa shape index (κ3) is 3.75. The average Bonchev–Trinajstić information content (AvgIpc) is 2.73. The van der Waals surface area contributed by atoms with Gasteiger partial charge in [-0.05, 0) is 35.7 Å². The molecular formula is C22H22N4O2. The molecule has 3 unspecified atom stereocenters. The van der Waals surface area contributed by atoms with Crippen molar-refractivity contribution >= 4 is 5.91 Å². The number of rotatable bonds is 6. The quantitative estimate of drug-likeness (QED) is 0.807. The van der Waals surface area contributed by atoms with Crippen molar-refractivity contribution in [3.05, 3.63) is 59.7 Å². The Morgan fingerprint density at radius 2 is 1.82 bits per heavy atom. The molecule has 3 rings (SSSR count). The number of ether oxygens (including phenoxy) is 1. The Morgan fingerprint density at radius 1 is 1.21 bits per heavy atom. The van der Waals surface area contributed by atoms with Crippen LogP contribution < -0.4 is 10.6 Å². The van der Waals surface area contributed by atoms with Crippen LogP contribution >= 0.6 is 0 Å². The van der Waals surface area contributed by atoms with Crippen LogP contribution in [0, 0.1) is 22.7 Å². The molecule has 1 aliphatic heterocycles. The molecule has 0 radical (unpaired) electrons. The normalized spacial score (nSPS) is 21.6. The van der Waals surface area contributed by atoms with Gasteiger partial charge in [-0.1, -0.05) is 36.4 Å². The second kappa shape index (κ2) is 8.22. The van der Waals surface area contributed by atoms with Crippen molar-refractivity contribution in [3.8, 4) is 23.3 Å². The van der Waals surface area contributed by atoms with Gasteiger partial charge in [0, 0.05) is 26.1 Å².